The molecule has 1 aromatic heterocycles. The molecule has 0 unspecified atom stereocenters. The van der Waals surface area contributed by atoms with E-state index in [2.05, 4.69) is 20.6 Å². The lowest BCUT2D eigenvalue weighted by atomic mass is 10.1. The largest absolute Gasteiger partial charge is 0.481 e. The predicted octanol–water partition coefficient (Wildman–Crippen LogP) is 0.177. The zero-order valence-electron chi connectivity index (χ0n) is 12.0. The van der Waals surface area contributed by atoms with Crippen molar-refractivity contribution in [3.05, 3.63) is 11.2 Å². The predicted molar refractivity (Wildman–Crippen MR) is 78.0 cm³/mol. The van der Waals surface area contributed by atoms with Gasteiger partial charge in [0.25, 0.3) is 0 Å². The van der Waals surface area contributed by atoms with Gasteiger partial charge in [-0.2, -0.15) is 4.98 Å². The fourth-order valence-corrected chi connectivity index (χ4v) is 1.49. The summed E-state index contributed by atoms with van der Waals surface area (Å²) in [5.41, 5.74) is 5.65. The Morgan fingerprint density at radius 3 is 2.67 bits per heavy atom. The molecule has 0 fully saturated rings. The first-order chi connectivity index (χ1) is 9.83. The Balaban J connectivity index is 2.54. The molecule has 1 heterocycles. The van der Waals surface area contributed by atoms with Crippen molar-refractivity contribution in [2.45, 2.75) is 19.9 Å². The molecule has 2 amide bonds. The van der Waals surface area contributed by atoms with E-state index in [9.17, 15) is 9.59 Å². The molecule has 1 atom stereocenters. The highest BCUT2D eigenvalue weighted by molar-refractivity contribution is 6.29. The Morgan fingerprint density at radius 2 is 2.10 bits per heavy atom. The van der Waals surface area contributed by atoms with Crippen LogP contribution in [-0.4, -0.2) is 41.5 Å². The molecule has 0 saturated carbocycles. The van der Waals surface area contributed by atoms with Crippen LogP contribution in [0.1, 0.15) is 13.8 Å². The van der Waals surface area contributed by atoms with Gasteiger partial charge in [-0.1, -0.05) is 25.4 Å². The number of rotatable bonds is 6. The van der Waals surface area contributed by atoms with Gasteiger partial charge < -0.3 is 15.8 Å². The Kier molecular flexibility index (Phi) is 6.32. The molecule has 1 rings (SSSR count). The maximum absolute atomic E-state index is 11.7. The maximum Gasteiger partial charge on any atom is 0.246 e. The summed E-state index contributed by atoms with van der Waals surface area (Å²) in [6.07, 6.45) is 0. The van der Waals surface area contributed by atoms with Gasteiger partial charge in [0.15, 0.2) is 0 Å². The van der Waals surface area contributed by atoms with Gasteiger partial charge in [-0.3, -0.25) is 14.9 Å². The minimum Gasteiger partial charge on any atom is -0.481 e. The smallest absolute Gasteiger partial charge is 0.246 e. The van der Waals surface area contributed by atoms with Crippen LogP contribution >= 0.6 is 11.6 Å². The number of amides is 2. The first-order valence-electron chi connectivity index (χ1n) is 6.25. The highest BCUT2D eigenvalue weighted by Crippen LogP contribution is 2.15. The van der Waals surface area contributed by atoms with E-state index in [0.29, 0.717) is 0 Å². The molecule has 0 radical (unpaired) electrons. The van der Waals surface area contributed by atoms with Crippen molar-refractivity contribution in [1.82, 2.24) is 15.3 Å². The van der Waals surface area contributed by atoms with Gasteiger partial charge in [0.1, 0.15) is 5.15 Å². The topological polar surface area (TPSA) is 119 Å². The van der Waals surface area contributed by atoms with Crippen LogP contribution in [0.5, 0.6) is 5.88 Å². The molecule has 8 nitrogen and oxygen atoms in total. The van der Waals surface area contributed by atoms with Crippen molar-refractivity contribution in [3.8, 4) is 5.88 Å². The standard InChI is InChI=1S/C12H18ClN5O3/c1-6(2)10(14)11(20)15-5-8(19)17-12-16-7(13)4-9(18-12)21-3/h4,6,10H,5,14H2,1-3H3,(H,15,20)(H,16,17,18,19)/t10-/m0/s1. The number of carbonyl (C=O) groups excluding carboxylic acids is 2. The van der Waals surface area contributed by atoms with Crippen LogP contribution in [0.3, 0.4) is 0 Å². The van der Waals surface area contributed by atoms with Crippen LogP contribution in [0.2, 0.25) is 5.15 Å². The van der Waals surface area contributed by atoms with E-state index in [1.807, 2.05) is 13.8 Å². The third-order valence-electron chi connectivity index (χ3n) is 2.58. The third-order valence-corrected chi connectivity index (χ3v) is 2.77. The molecule has 0 bridgehead atoms. The van der Waals surface area contributed by atoms with Gasteiger partial charge in [0, 0.05) is 6.07 Å². The van der Waals surface area contributed by atoms with E-state index in [-0.39, 0.29) is 29.4 Å². The van der Waals surface area contributed by atoms with Crippen molar-refractivity contribution in [3.63, 3.8) is 0 Å². The molecule has 0 aromatic carbocycles. The second kappa shape index (κ2) is 7.75. The normalized spacial score (nSPS) is 11.9. The Labute approximate surface area is 127 Å². The number of anilines is 1. The minimum atomic E-state index is -0.666. The van der Waals surface area contributed by atoms with Gasteiger partial charge in [0.05, 0.1) is 19.7 Å². The van der Waals surface area contributed by atoms with Crippen LogP contribution in [0, 0.1) is 5.92 Å². The fourth-order valence-electron chi connectivity index (χ4n) is 1.31. The summed E-state index contributed by atoms with van der Waals surface area (Å²) < 4.78 is 4.90. The van der Waals surface area contributed by atoms with Gasteiger partial charge in [-0.05, 0) is 5.92 Å². The zero-order valence-corrected chi connectivity index (χ0v) is 12.8. The summed E-state index contributed by atoms with van der Waals surface area (Å²) >= 11 is 5.75. The van der Waals surface area contributed by atoms with Crippen LogP contribution in [-0.2, 0) is 9.59 Å². The summed E-state index contributed by atoms with van der Waals surface area (Å²) in [6.45, 7) is 3.39. The molecular weight excluding hydrogens is 298 g/mol. The number of hydrogen-bond acceptors (Lipinski definition) is 6. The molecule has 0 aliphatic rings. The Morgan fingerprint density at radius 1 is 1.43 bits per heavy atom. The lowest BCUT2D eigenvalue weighted by Gasteiger charge is -2.15. The Hall–Kier alpha value is -1.93. The van der Waals surface area contributed by atoms with Crippen LogP contribution in [0.4, 0.5) is 5.95 Å². The van der Waals surface area contributed by atoms with Crippen LogP contribution < -0.4 is 21.1 Å². The number of halogens is 1. The molecule has 0 aliphatic carbocycles. The molecule has 21 heavy (non-hydrogen) atoms. The lowest BCUT2D eigenvalue weighted by molar-refractivity contribution is -0.125. The van der Waals surface area contributed by atoms with Crippen molar-refractivity contribution >= 4 is 29.4 Å². The number of nitrogens with two attached hydrogens (primary N) is 1. The summed E-state index contributed by atoms with van der Waals surface area (Å²) in [4.78, 5) is 31.0. The van der Waals surface area contributed by atoms with Gasteiger partial charge in [-0.15, -0.1) is 0 Å². The summed E-state index contributed by atoms with van der Waals surface area (Å²) in [5.74, 6) is -0.704. The second-order valence-electron chi connectivity index (χ2n) is 4.59. The molecule has 1 aromatic rings. The summed E-state index contributed by atoms with van der Waals surface area (Å²) in [5, 5.41) is 4.96. The van der Waals surface area contributed by atoms with E-state index in [0.717, 1.165) is 0 Å². The molecule has 9 heteroatoms. The molecule has 0 saturated heterocycles. The van der Waals surface area contributed by atoms with Gasteiger partial charge in [-0.25, -0.2) is 4.98 Å². The average Bonchev–Trinajstić information content (AvgIpc) is 2.42. The van der Waals surface area contributed by atoms with Crippen molar-refractivity contribution in [2.75, 3.05) is 19.0 Å². The van der Waals surface area contributed by atoms with E-state index >= 15 is 0 Å². The average molecular weight is 316 g/mol. The number of nitrogens with zero attached hydrogens (tertiary/aromatic N) is 2. The lowest BCUT2D eigenvalue weighted by Crippen LogP contribution is -2.46. The molecule has 0 aliphatic heterocycles. The van der Waals surface area contributed by atoms with E-state index in [1.54, 1.807) is 0 Å². The van der Waals surface area contributed by atoms with Gasteiger partial charge >= 0.3 is 0 Å². The number of aromatic nitrogens is 2. The van der Waals surface area contributed by atoms with E-state index < -0.39 is 17.9 Å². The molecule has 116 valence electrons. The fraction of sp³-hybridized carbons (Fsp3) is 0.500. The number of nitrogens with one attached hydrogen (secondary N) is 2. The minimum absolute atomic E-state index is 0.00763. The maximum atomic E-state index is 11.7. The number of carbonyl (C=O) groups is 2. The second-order valence-corrected chi connectivity index (χ2v) is 4.98. The van der Waals surface area contributed by atoms with Crippen molar-refractivity contribution in [2.24, 2.45) is 11.7 Å². The molecule has 4 N–H and O–H groups in total. The summed E-state index contributed by atoms with van der Waals surface area (Å²) in [7, 11) is 1.41. The highest BCUT2D eigenvalue weighted by Gasteiger charge is 2.18. The van der Waals surface area contributed by atoms with Crippen LogP contribution in [0.15, 0.2) is 6.07 Å². The van der Waals surface area contributed by atoms with Crippen molar-refractivity contribution in [1.29, 1.82) is 0 Å². The van der Waals surface area contributed by atoms with E-state index in [1.165, 1.54) is 13.2 Å². The zero-order chi connectivity index (χ0) is 16.0. The number of hydrogen-bond donors (Lipinski definition) is 3. The SMILES string of the molecule is COc1cc(Cl)nc(NC(=O)CNC(=O)[C@@H](N)C(C)C)n1. The highest BCUT2D eigenvalue weighted by atomic mass is 35.5. The third kappa shape index (κ3) is 5.52. The van der Waals surface area contributed by atoms with Gasteiger partial charge in [0.2, 0.25) is 23.6 Å². The molecule has 0 spiro atoms. The number of methoxy groups -OCH3 is 1. The monoisotopic (exact) mass is 315 g/mol. The van der Waals surface area contributed by atoms with E-state index in [4.69, 9.17) is 22.1 Å². The first kappa shape index (κ1) is 17.1. The quantitative estimate of drug-likeness (QED) is 0.644. The molecular formula is C12H18ClN5O3. The number of ether oxygens (including phenoxy) is 1. The van der Waals surface area contributed by atoms with Crippen molar-refractivity contribution < 1.29 is 14.3 Å². The first-order valence-corrected chi connectivity index (χ1v) is 6.63. The summed E-state index contributed by atoms with van der Waals surface area (Å²) in [6, 6.07) is 0.737. The van der Waals surface area contributed by atoms with Crippen LogP contribution in [0.25, 0.3) is 0 Å². The Bertz CT molecular complexity index is 524.